The smallest absolute Gasteiger partial charge is 0.268 e. The minimum absolute atomic E-state index is 0.218. The van der Waals surface area contributed by atoms with Gasteiger partial charge in [0.25, 0.3) is 5.91 Å². The third kappa shape index (κ3) is 1.78. The molecule has 5 heteroatoms. The van der Waals surface area contributed by atoms with Crippen molar-refractivity contribution >= 4 is 5.91 Å². The van der Waals surface area contributed by atoms with E-state index >= 15 is 0 Å². The Morgan fingerprint density at radius 1 is 1.64 bits per heavy atom. The molecule has 2 atom stereocenters. The second-order valence-electron chi connectivity index (χ2n) is 3.27. The Morgan fingerprint density at radius 3 is 3.07 bits per heavy atom. The predicted octanol–water partition coefficient (Wildman–Crippen LogP) is -0.496. The van der Waals surface area contributed by atoms with Gasteiger partial charge in [-0.2, -0.15) is 0 Å². The Bertz CT molecular complexity index is 310. The van der Waals surface area contributed by atoms with Gasteiger partial charge in [0.2, 0.25) is 0 Å². The fourth-order valence-electron chi connectivity index (χ4n) is 1.40. The summed E-state index contributed by atoms with van der Waals surface area (Å²) < 4.78 is 5.01. The van der Waals surface area contributed by atoms with E-state index in [1.54, 1.807) is 18.3 Å². The zero-order valence-electron chi connectivity index (χ0n) is 7.56. The van der Waals surface area contributed by atoms with Crippen LogP contribution in [0.2, 0.25) is 0 Å². The molecule has 1 amide bonds. The molecular formula is C9H12N2O3. The number of aliphatic hydroxyl groups excluding tert-OH is 1. The molecule has 0 aromatic carbocycles. The standard InChI is InChI=1S/C9H12N2O3/c12-8-5-14-4-7(8)11-9(13)6-2-1-3-10-6/h1-3,7-8,10,12H,4-5H2,(H,11,13). The van der Waals surface area contributed by atoms with E-state index in [0.29, 0.717) is 12.3 Å². The number of ether oxygens (including phenoxy) is 1. The van der Waals surface area contributed by atoms with Crippen LogP contribution in [0.3, 0.4) is 0 Å². The zero-order valence-corrected chi connectivity index (χ0v) is 7.56. The van der Waals surface area contributed by atoms with Crippen LogP contribution >= 0.6 is 0 Å². The van der Waals surface area contributed by atoms with Gasteiger partial charge < -0.3 is 20.1 Å². The number of nitrogens with one attached hydrogen (secondary N) is 2. The number of aromatic amines is 1. The fourth-order valence-corrected chi connectivity index (χ4v) is 1.40. The largest absolute Gasteiger partial charge is 0.388 e. The van der Waals surface area contributed by atoms with E-state index in [9.17, 15) is 9.90 Å². The molecule has 5 nitrogen and oxygen atoms in total. The number of hydrogen-bond acceptors (Lipinski definition) is 3. The summed E-state index contributed by atoms with van der Waals surface area (Å²) in [6.45, 7) is 0.656. The van der Waals surface area contributed by atoms with Gasteiger partial charge in [-0.1, -0.05) is 0 Å². The van der Waals surface area contributed by atoms with E-state index in [1.807, 2.05) is 0 Å². The molecule has 0 bridgehead atoms. The summed E-state index contributed by atoms with van der Waals surface area (Å²) in [5.41, 5.74) is 0.490. The van der Waals surface area contributed by atoms with Crippen molar-refractivity contribution in [3.05, 3.63) is 24.0 Å². The monoisotopic (exact) mass is 196 g/mol. The first kappa shape index (κ1) is 9.23. The molecule has 0 spiro atoms. The molecule has 2 rings (SSSR count). The minimum Gasteiger partial charge on any atom is -0.388 e. The quantitative estimate of drug-likeness (QED) is 0.597. The van der Waals surface area contributed by atoms with Crippen LogP contribution in [0.1, 0.15) is 10.5 Å². The lowest BCUT2D eigenvalue weighted by Gasteiger charge is -2.13. The molecule has 2 unspecified atom stereocenters. The summed E-state index contributed by atoms with van der Waals surface area (Å²) in [5, 5.41) is 12.1. The van der Waals surface area contributed by atoms with E-state index in [0.717, 1.165) is 0 Å². The fraction of sp³-hybridized carbons (Fsp3) is 0.444. The summed E-state index contributed by atoms with van der Waals surface area (Å²) in [5.74, 6) is -0.218. The maximum absolute atomic E-state index is 11.5. The van der Waals surface area contributed by atoms with Crippen LogP contribution in [-0.4, -0.2) is 41.4 Å². The normalized spacial score (nSPS) is 26.4. The highest BCUT2D eigenvalue weighted by Gasteiger charge is 2.27. The maximum Gasteiger partial charge on any atom is 0.268 e. The van der Waals surface area contributed by atoms with Gasteiger partial charge in [0.05, 0.1) is 25.4 Å². The van der Waals surface area contributed by atoms with E-state index in [4.69, 9.17) is 4.74 Å². The number of hydrogen-bond donors (Lipinski definition) is 3. The lowest BCUT2D eigenvalue weighted by molar-refractivity contribution is 0.0882. The first-order chi connectivity index (χ1) is 6.77. The molecule has 1 aromatic heterocycles. The van der Waals surface area contributed by atoms with E-state index in [2.05, 4.69) is 10.3 Å². The van der Waals surface area contributed by atoms with Gasteiger partial charge in [-0.3, -0.25) is 4.79 Å². The summed E-state index contributed by atoms with van der Waals surface area (Å²) in [6.07, 6.45) is 1.07. The van der Waals surface area contributed by atoms with Gasteiger partial charge >= 0.3 is 0 Å². The minimum atomic E-state index is -0.603. The molecule has 1 aromatic rings. The topological polar surface area (TPSA) is 74.3 Å². The van der Waals surface area contributed by atoms with Gasteiger partial charge in [0, 0.05) is 6.20 Å². The Balaban J connectivity index is 1.95. The molecule has 3 N–H and O–H groups in total. The van der Waals surface area contributed by atoms with Crippen molar-refractivity contribution in [1.29, 1.82) is 0 Å². The number of H-pyrrole nitrogens is 1. The van der Waals surface area contributed by atoms with Gasteiger partial charge in [-0.05, 0) is 12.1 Å². The van der Waals surface area contributed by atoms with Gasteiger partial charge in [-0.25, -0.2) is 0 Å². The van der Waals surface area contributed by atoms with Gasteiger partial charge in [0.15, 0.2) is 0 Å². The van der Waals surface area contributed by atoms with Crippen molar-refractivity contribution in [2.75, 3.05) is 13.2 Å². The molecule has 1 aliphatic heterocycles. The van der Waals surface area contributed by atoms with Crippen LogP contribution in [0.15, 0.2) is 18.3 Å². The first-order valence-electron chi connectivity index (χ1n) is 4.47. The number of carbonyl (C=O) groups excluding carboxylic acids is 1. The molecule has 1 saturated heterocycles. The average Bonchev–Trinajstić information content (AvgIpc) is 2.77. The summed E-state index contributed by atoms with van der Waals surface area (Å²) >= 11 is 0. The van der Waals surface area contributed by atoms with Gasteiger partial charge in [0.1, 0.15) is 5.69 Å². The Morgan fingerprint density at radius 2 is 2.50 bits per heavy atom. The Hall–Kier alpha value is -1.33. The number of amides is 1. The second-order valence-corrected chi connectivity index (χ2v) is 3.27. The van der Waals surface area contributed by atoms with E-state index < -0.39 is 6.10 Å². The van der Waals surface area contributed by atoms with Crippen LogP contribution in [-0.2, 0) is 4.74 Å². The van der Waals surface area contributed by atoms with Crippen LogP contribution in [0.25, 0.3) is 0 Å². The number of aromatic nitrogens is 1. The molecule has 0 saturated carbocycles. The second kappa shape index (κ2) is 3.81. The van der Waals surface area contributed by atoms with Crippen molar-refractivity contribution < 1.29 is 14.6 Å². The highest BCUT2D eigenvalue weighted by atomic mass is 16.5. The highest BCUT2D eigenvalue weighted by Crippen LogP contribution is 2.06. The van der Waals surface area contributed by atoms with E-state index in [-0.39, 0.29) is 18.6 Å². The van der Waals surface area contributed by atoms with Crippen molar-refractivity contribution in [1.82, 2.24) is 10.3 Å². The molecule has 1 fully saturated rings. The molecule has 1 aliphatic rings. The maximum atomic E-state index is 11.5. The Kier molecular flexibility index (Phi) is 2.51. The third-order valence-electron chi connectivity index (χ3n) is 2.21. The van der Waals surface area contributed by atoms with Gasteiger partial charge in [-0.15, -0.1) is 0 Å². The summed E-state index contributed by atoms with van der Waals surface area (Å²) in [7, 11) is 0. The van der Waals surface area contributed by atoms with Crippen LogP contribution in [0, 0.1) is 0 Å². The number of rotatable bonds is 2. The molecule has 14 heavy (non-hydrogen) atoms. The SMILES string of the molecule is O=C(NC1COCC1O)c1ccc[nH]1. The zero-order chi connectivity index (χ0) is 9.97. The van der Waals surface area contributed by atoms with Crippen molar-refractivity contribution in [3.63, 3.8) is 0 Å². The van der Waals surface area contributed by atoms with Crippen molar-refractivity contribution in [3.8, 4) is 0 Å². The first-order valence-corrected chi connectivity index (χ1v) is 4.47. The van der Waals surface area contributed by atoms with Crippen LogP contribution in [0.4, 0.5) is 0 Å². The van der Waals surface area contributed by atoms with E-state index in [1.165, 1.54) is 0 Å². The van der Waals surface area contributed by atoms with Crippen LogP contribution in [0.5, 0.6) is 0 Å². The van der Waals surface area contributed by atoms with Crippen molar-refractivity contribution in [2.45, 2.75) is 12.1 Å². The van der Waals surface area contributed by atoms with Crippen molar-refractivity contribution in [2.24, 2.45) is 0 Å². The molecule has 2 heterocycles. The summed E-state index contributed by atoms with van der Waals surface area (Å²) in [6, 6.07) is 3.12. The lowest BCUT2D eigenvalue weighted by atomic mass is 10.2. The molecule has 0 radical (unpaired) electrons. The highest BCUT2D eigenvalue weighted by molar-refractivity contribution is 5.92. The number of carbonyl (C=O) groups is 1. The average molecular weight is 196 g/mol. The lowest BCUT2D eigenvalue weighted by Crippen LogP contribution is -2.42. The number of aliphatic hydroxyl groups is 1. The summed E-state index contributed by atoms with van der Waals surface area (Å²) in [4.78, 5) is 14.3. The molecule has 0 aliphatic carbocycles. The van der Waals surface area contributed by atoms with Crippen LogP contribution < -0.4 is 5.32 Å². The predicted molar refractivity (Wildman–Crippen MR) is 48.9 cm³/mol. The Labute approximate surface area is 81.1 Å². The third-order valence-corrected chi connectivity index (χ3v) is 2.21. The molecular weight excluding hydrogens is 184 g/mol. The molecule has 76 valence electrons.